The minimum Gasteiger partial charge on any atom is -0.313 e. The molecule has 0 aliphatic carbocycles. The Bertz CT molecular complexity index is 504. The lowest BCUT2D eigenvalue weighted by Gasteiger charge is -2.10. The van der Waals surface area contributed by atoms with Crippen LogP contribution in [-0.4, -0.2) is 26.8 Å². The maximum absolute atomic E-state index is 12.9. The third kappa shape index (κ3) is 4.97. The highest BCUT2D eigenvalue weighted by molar-refractivity contribution is 7.92. The maximum atomic E-state index is 12.9. The number of anilines is 1. The van der Waals surface area contributed by atoms with Gasteiger partial charge in [-0.1, -0.05) is 13.8 Å². The fourth-order valence-electron chi connectivity index (χ4n) is 1.27. The molecule has 102 valence electrons. The molecule has 7 heteroatoms. The minimum atomic E-state index is -3.56. The second kappa shape index (κ2) is 6.10. The lowest BCUT2D eigenvalue weighted by molar-refractivity contribution is 0.509. The number of hydrogen-bond acceptors (Lipinski definition) is 3. The second-order valence-electron chi connectivity index (χ2n) is 4.16. The van der Waals surface area contributed by atoms with Gasteiger partial charge in [-0.05, 0) is 12.1 Å². The summed E-state index contributed by atoms with van der Waals surface area (Å²) >= 11 is 0. The molecule has 0 saturated heterocycles. The molecule has 0 radical (unpaired) electrons. The summed E-state index contributed by atoms with van der Waals surface area (Å²) in [5, 5.41) is 2.95. The van der Waals surface area contributed by atoms with Crippen molar-refractivity contribution in [3.8, 4) is 0 Å². The molecule has 1 aromatic carbocycles. The van der Waals surface area contributed by atoms with Gasteiger partial charge in [-0.3, -0.25) is 4.72 Å². The molecule has 0 atom stereocenters. The molecule has 0 saturated carbocycles. The highest BCUT2D eigenvalue weighted by atomic mass is 32.2. The third-order valence-corrected chi connectivity index (χ3v) is 3.40. The molecule has 0 fully saturated rings. The Balaban J connectivity index is 2.62. The van der Waals surface area contributed by atoms with Crippen LogP contribution in [0.5, 0.6) is 0 Å². The standard InChI is InChI=1S/C11H16F2N2O2S/c1-8(2)14-5-6-18(16,17)15-9-3-4-10(12)11(13)7-9/h3-4,7-8,14-15H,5-6H2,1-2H3. The van der Waals surface area contributed by atoms with E-state index in [4.69, 9.17) is 0 Å². The van der Waals surface area contributed by atoms with Crippen molar-refractivity contribution >= 4 is 15.7 Å². The van der Waals surface area contributed by atoms with E-state index in [2.05, 4.69) is 10.0 Å². The van der Waals surface area contributed by atoms with E-state index < -0.39 is 21.7 Å². The SMILES string of the molecule is CC(C)NCCS(=O)(=O)Nc1ccc(F)c(F)c1. The van der Waals surface area contributed by atoms with Gasteiger partial charge in [0, 0.05) is 18.7 Å². The number of sulfonamides is 1. The molecule has 0 aliphatic heterocycles. The molecule has 0 heterocycles. The molecule has 0 bridgehead atoms. The maximum Gasteiger partial charge on any atom is 0.233 e. The number of benzene rings is 1. The summed E-state index contributed by atoms with van der Waals surface area (Å²) in [7, 11) is -3.56. The highest BCUT2D eigenvalue weighted by Gasteiger charge is 2.11. The van der Waals surface area contributed by atoms with Gasteiger partial charge in [-0.15, -0.1) is 0 Å². The number of nitrogens with one attached hydrogen (secondary N) is 2. The summed E-state index contributed by atoms with van der Waals surface area (Å²) < 4.78 is 51.0. The first kappa shape index (κ1) is 14.8. The first-order chi connectivity index (χ1) is 8.30. The summed E-state index contributed by atoms with van der Waals surface area (Å²) in [6, 6.07) is 3.04. The van der Waals surface area contributed by atoms with Crippen molar-refractivity contribution in [1.82, 2.24) is 5.32 Å². The molecule has 0 spiro atoms. The Morgan fingerprint density at radius 3 is 2.44 bits per heavy atom. The van der Waals surface area contributed by atoms with Crippen LogP contribution in [0.15, 0.2) is 18.2 Å². The summed E-state index contributed by atoms with van der Waals surface area (Å²) in [5.41, 5.74) is 0.0125. The quantitative estimate of drug-likeness (QED) is 0.832. The first-order valence-corrected chi connectivity index (χ1v) is 7.14. The fourth-order valence-corrected chi connectivity index (χ4v) is 2.25. The van der Waals surface area contributed by atoms with Gasteiger partial charge in [-0.25, -0.2) is 17.2 Å². The molecule has 0 aromatic heterocycles. The molecule has 1 rings (SSSR count). The van der Waals surface area contributed by atoms with Gasteiger partial charge >= 0.3 is 0 Å². The van der Waals surface area contributed by atoms with Crippen molar-refractivity contribution in [3.63, 3.8) is 0 Å². The molecule has 0 amide bonds. The minimum absolute atomic E-state index is 0.0125. The third-order valence-electron chi connectivity index (χ3n) is 2.12. The van der Waals surface area contributed by atoms with E-state index in [1.165, 1.54) is 6.07 Å². The van der Waals surface area contributed by atoms with Crippen LogP contribution in [0.25, 0.3) is 0 Å². The number of rotatable bonds is 6. The van der Waals surface area contributed by atoms with Crippen molar-refractivity contribution in [2.75, 3.05) is 17.0 Å². The van der Waals surface area contributed by atoms with Crippen LogP contribution in [0.2, 0.25) is 0 Å². The Labute approximate surface area is 105 Å². The van der Waals surface area contributed by atoms with E-state index in [9.17, 15) is 17.2 Å². The topological polar surface area (TPSA) is 58.2 Å². The van der Waals surface area contributed by atoms with Gasteiger partial charge in [0.1, 0.15) is 0 Å². The van der Waals surface area contributed by atoms with Crippen molar-refractivity contribution in [3.05, 3.63) is 29.8 Å². The van der Waals surface area contributed by atoms with E-state index in [0.717, 1.165) is 12.1 Å². The summed E-state index contributed by atoms with van der Waals surface area (Å²) in [4.78, 5) is 0. The van der Waals surface area contributed by atoms with E-state index in [-0.39, 0.29) is 24.0 Å². The average molecular weight is 278 g/mol. The molecule has 18 heavy (non-hydrogen) atoms. The predicted octanol–water partition coefficient (Wildman–Crippen LogP) is 1.70. The van der Waals surface area contributed by atoms with E-state index in [1.54, 1.807) is 0 Å². The van der Waals surface area contributed by atoms with Crippen LogP contribution in [-0.2, 0) is 10.0 Å². The Kier molecular flexibility index (Phi) is 5.03. The van der Waals surface area contributed by atoms with Gasteiger partial charge in [0.2, 0.25) is 10.0 Å². The van der Waals surface area contributed by atoms with Gasteiger partial charge in [0.15, 0.2) is 11.6 Å². The summed E-state index contributed by atoms with van der Waals surface area (Å²) in [6.45, 7) is 4.08. The van der Waals surface area contributed by atoms with Crippen LogP contribution >= 0.6 is 0 Å². The van der Waals surface area contributed by atoms with Gasteiger partial charge in [-0.2, -0.15) is 0 Å². The smallest absolute Gasteiger partial charge is 0.233 e. The predicted molar refractivity (Wildman–Crippen MR) is 66.9 cm³/mol. The van der Waals surface area contributed by atoms with Crippen molar-refractivity contribution < 1.29 is 17.2 Å². The number of halogens is 2. The molecular weight excluding hydrogens is 262 g/mol. The zero-order chi connectivity index (χ0) is 13.8. The highest BCUT2D eigenvalue weighted by Crippen LogP contribution is 2.14. The Morgan fingerprint density at radius 1 is 1.22 bits per heavy atom. The van der Waals surface area contributed by atoms with E-state index >= 15 is 0 Å². The van der Waals surface area contributed by atoms with E-state index in [0.29, 0.717) is 0 Å². The van der Waals surface area contributed by atoms with Crippen LogP contribution in [0, 0.1) is 11.6 Å². The molecule has 0 unspecified atom stereocenters. The summed E-state index contributed by atoms with van der Waals surface area (Å²) in [5.74, 6) is -2.24. The normalized spacial score (nSPS) is 11.8. The Morgan fingerprint density at radius 2 is 1.89 bits per heavy atom. The first-order valence-electron chi connectivity index (χ1n) is 5.49. The second-order valence-corrected chi connectivity index (χ2v) is 6.00. The fraction of sp³-hybridized carbons (Fsp3) is 0.455. The average Bonchev–Trinajstić information content (AvgIpc) is 2.22. The van der Waals surface area contributed by atoms with Crippen LogP contribution in [0.3, 0.4) is 0 Å². The van der Waals surface area contributed by atoms with Crippen LogP contribution in [0.4, 0.5) is 14.5 Å². The monoisotopic (exact) mass is 278 g/mol. The molecule has 1 aromatic rings. The zero-order valence-corrected chi connectivity index (χ0v) is 11.0. The van der Waals surface area contributed by atoms with Crippen molar-refractivity contribution in [1.29, 1.82) is 0 Å². The van der Waals surface area contributed by atoms with Crippen molar-refractivity contribution in [2.45, 2.75) is 19.9 Å². The largest absolute Gasteiger partial charge is 0.313 e. The Hall–Kier alpha value is -1.21. The summed E-state index contributed by atoms with van der Waals surface area (Å²) in [6.07, 6.45) is 0. The van der Waals surface area contributed by atoms with Crippen molar-refractivity contribution in [2.24, 2.45) is 0 Å². The van der Waals surface area contributed by atoms with Gasteiger partial charge < -0.3 is 5.32 Å². The lowest BCUT2D eigenvalue weighted by Crippen LogP contribution is -2.30. The molecule has 4 nitrogen and oxygen atoms in total. The van der Waals surface area contributed by atoms with Crippen LogP contribution in [0.1, 0.15) is 13.8 Å². The van der Waals surface area contributed by atoms with E-state index in [1.807, 2.05) is 13.8 Å². The molecule has 2 N–H and O–H groups in total. The number of hydrogen-bond donors (Lipinski definition) is 2. The molecular formula is C11H16F2N2O2S. The van der Waals surface area contributed by atoms with Gasteiger partial charge in [0.05, 0.1) is 11.4 Å². The van der Waals surface area contributed by atoms with Crippen LogP contribution < -0.4 is 10.0 Å². The zero-order valence-electron chi connectivity index (χ0n) is 10.2. The van der Waals surface area contributed by atoms with Gasteiger partial charge in [0.25, 0.3) is 0 Å². The lowest BCUT2D eigenvalue weighted by atomic mass is 10.3. The molecule has 0 aliphatic rings.